The molecule has 2 heterocycles. The molecule has 0 amide bonds. The molecule has 0 bridgehead atoms. The van der Waals surface area contributed by atoms with E-state index >= 15 is 0 Å². The van der Waals surface area contributed by atoms with Crippen molar-refractivity contribution in [3.05, 3.63) is 59.9 Å². The van der Waals surface area contributed by atoms with Crippen molar-refractivity contribution in [1.82, 2.24) is 9.97 Å². The Morgan fingerprint density at radius 3 is 2.85 bits per heavy atom. The molecule has 0 aliphatic rings. The van der Waals surface area contributed by atoms with Gasteiger partial charge in [-0.3, -0.25) is 4.98 Å². The van der Waals surface area contributed by atoms with Gasteiger partial charge in [0, 0.05) is 23.3 Å². The molecule has 0 N–H and O–H groups in total. The maximum Gasteiger partial charge on any atom is 0.220 e. The number of rotatable bonds is 2. The van der Waals surface area contributed by atoms with Crippen molar-refractivity contribution in [3.63, 3.8) is 0 Å². The van der Waals surface area contributed by atoms with Gasteiger partial charge in [-0.05, 0) is 25.1 Å². The van der Waals surface area contributed by atoms with E-state index in [2.05, 4.69) is 16.0 Å². The van der Waals surface area contributed by atoms with Crippen molar-refractivity contribution in [2.24, 2.45) is 0 Å². The first-order valence-corrected chi connectivity index (χ1v) is 6.16. The van der Waals surface area contributed by atoms with E-state index in [0.717, 1.165) is 16.6 Å². The number of nitriles is 1. The zero-order valence-electron chi connectivity index (χ0n) is 10.9. The highest BCUT2D eigenvalue weighted by Gasteiger charge is 2.06. The van der Waals surface area contributed by atoms with Crippen LogP contribution in [0.2, 0.25) is 0 Å². The lowest BCUT2D eigenvalue weighted by atomic mass is 10.2. The van der Waals surface area contributed by atoms with Crippen LogP contribution in [0.25, 0.3) is 10.9 Å². The van der Waals surface area contributed by atoms with Gasteiger partial charge in [0.2, 0.25) is 5.88 Å². The molecule has 3 rings (SSSR count). The number of pyridine rings is 2. The SMILES string of the molecule is Cc1cc(C#N)cc(Oc2cccc3cccnc23)n1. The average Bonchev–Trinajstić information content (AvgIpc) is 2.47. The van der Waals surface area contributed by atoms with Gasteiger partial charge in [0.15, 0.2) is 5.75 Å². The summed E-state index contributed by atoms with van der Waals surface area (Å²) in [6.45, 7) is 1.83. The Balaban J connectivity index is 2.06. The van der Waals surface area contributed by atoms with Crippen LogP contribution in [-0.2, 0) is 0 Å². The fraction of sp³-hybridized carbons (Fsp3) is 0.0625. The van der Waals surface area contributed by atoms with Crippen molar-refractivity contribution < 1.29 is 4.74 Å². The molecule has 0 saturated heterocycles. The van der Waals surface area contributed by atoms with Crippen molar-refractivity contribution in [2.75, 3.05) is 0 Å². The Morgan fingerprint density at radius 1 is 1.15 bits per heavy atom. The van der Waals surface area contributed by atoms with Crippen LogP contribution in [0.1, 0.15) is 11.3 Å². The van der Waals surface area contributed by atoms with Crippen molar-refractivity contribution in [1.29, 1.82) is 5.26 Å². The molecule has 0 radical (unpaired) electrons. The van der Waals surface area contributed by atoms with Crippen LogP contribution in [-0.4, -0.2) is 9.97 Å². The first kappa shape index (κ1) is 12.1. The van der Waals surface area contributed by atoms with E-state index in [4.69, 9.17) is 10.00 Å². The van der Waals surface area contributed by atoms with Gasteiger partial charge in [-0.15, -0.1) is 0 Å². The summed E-state index contributed by atoms with van der Waals surface area (Å²) in [6.07, 6.45) is 1.72. The molecule has 0 saturated carbocycles. The summed E-state index contributed by atoms with van der Waals surface area (Å²) in [5.74, 6) is 1.03. The number of aromatic nitrogens is 2. The molecule has 1 aromatic carbocycles. The lowest BCUT2D eigenvalue weighted by molar-refractivity contribution is 0.465. The van der Waals surface area contributed by atoms with Crippen molar-refractivity contribution in [3.8, 4) is 17.7 Å². The van der Waals surface area contributed by atoms with Crippen LogP contribution in [0, 0.1) is 18.3 Å². The smallest absolute Gasteiger partial charge is 0.220 e. The molecule has 0 aliphatic carbocycles. The van der Waals surface area contributed by atoms with E-state index in [1.807, 2.05) is 37.3 Å². The van der Waals surface area contributed by atoms with Gasteiger partial charge in [0.25, 0.3) is 0 Å². The Morgan fingerprint density at radius 2 is 2.00 bits per heavy atom. The number of nitrogens with zero attached hydrogens (tertiary/aromatic N) is 3. The molecule has 20 heavy (non-hydrogen) atoms. The lowest BCUT2D eigenvalue weighted by Crippen LogP contribution is -1.93. The van der Waals surface area contributed by atoms with E-state index < -0.39 is 0 Å². The van der Waals surface area contributed by atoms with Crippen molar-refractivity contribution in [2.45, 2.75) is 6.92 Å². The fourth-order valence-corrected chi connectivity index (χ4v) is 2.03. The third-order valence-corrected chi connectivity index (χ3v) is 2.87. The summed E-state index contributed by atoms with van der Waals surface area (Å²) >= 11 is 0. The molecule has 4 nitrogen and oxygen atoms in total. The number of aryl methyl sites for hydroxylation is 1. The first-order valence-electron chi connectivity index (χ1n) is 6.16. The van der Waals surface area contributed by atoms with E-state index in [0.29, 0.717) is 17.2 Å². The highest BCUT2D eigenvalue weighted by molar-refractivity contribution is 5.84. The highest BCUT2D eigenvalue weighted by atomic mass is 16.5. The molecule has 0 fully saturated rings. The van der Waals surface area contributed by atoms with Crippen LogP contribution in [0.5, 0.6) is 11.6 Å². The van der Waals surface area contributed by atoms with Crippen LogP contribution in [0.15, 0.2) is 48.7 Å². The zero-order chi connectivity index (χ0) is 13.9. The maximum atomic E-state index is 8.98. The van der Waals surface area contributed by atoms with Gasteiger partial charge in [0.05, 0.1) is 11.6 Å². The normalized spacial score (nSPS) is 10.2. The van der Waals surface area contributed by atoms with E-state index in [-0.39, 0.29) is 0 Å². The molecule has 4 heteroatoms. The zero-order valence-corrected chi connectivity index (χ0v) is 10.9. The van der Waals surface area contributed by atoms with Crippen LogP contribution < -0.4 is 4.74 Å². The standard InChI is InChI=1S/C16H11N3O/c1-11-8-12(10-17)9-15(19-11)20-14-6-2-4-13-5-3-7-18-16(13)14/h2-9H,1H3. The number of para-hydroxylation sites is 1. The minimum Gasteiger partial charge on any atom is -0.437 e. The predicted molar refractivity (Wildman–Crippen MR) is 75.5 cm³/mol. The minimum atomic E-state index is 0.403. The third kappa shape index (κ3) is 2.29. The number of ether oxygens (including phenoxy) is 1. The van der Waals surface area contributed by atoms with Gasteiger partial charge in [0.1, 0.15) is 5.52 Å². The Kier molecular flexibility index (Phi) is 3.02. The van der Waals surface area contributed by atoms with Gasteiger partial charge in [-0.25, -0.2) is 4.98 Å². The van der Waals surface area contributed by atoms with Gasteiger partial charge in [-0.1, -0.05) is 18.2 Å². The summed E-state index contributed by atoms with van der Waals surface area (Å²) in [5.41, 5.74) is 2.05. The second-order valence-corrected chi connectivity index (χ2v) is 4.38. The van der Waals surface area contributed by atoms with Gasteiger partial charge in [-0.2, -0.15) is 5.26 Å². The first-order chi connectivity index (χ1) is 9.76. The molecule has 0 unspecified atom stereocenters. The lowest BCUT2D eigenvalue weighted by Gasteiger charge is -2.08. The molecule has 2 aromatic heterocycles. The molecule has 0 aliphatic heterocycles. The van der Waals surface area contributed by atoms with Crippen LogP contribution >= 0.6 is 0 Å². The minimum absolute atomic E-state index is 0.403. The van der Waals surface area contributed by atoms with Crippen molar-refractivity contribution >= 4 is 10.9 Å². The Bertz CT molecular complexity index is 816. The summed E-state index contributed by atoms with van der Waals surface area (Å²) < 4.78 is 5.79. The molecular formula is C16H11N3O. The Hall–Kier alpha value is -2.93. The molecule has 3 aromatic rings. The van der Waals surface area contributed by atoms with E-state index in [9.17, 15) is 0 Å². The maximum absolute atomic E-state index is 8.98. The topological polar surface area (TPSA) is 58.8 Å². The third-order valence-electron chi connectivity index (χ3n) is 2.87. The van der Waals surface area contributed by atoms with E-state index in [1.54, 1.807) is 18.3 Å². The number of hydrogen-bond acceptors (Lipinski definition) is 4. The average molecular weight is 261 g/mol. The molecule has 0 atom stereocenters. The monoisotopic (exact) mass is 261 g/mol. The van der Waals surface area contributed by atoms with Crippen LogP contribution in [0.4, 0.5) is 0 Å². The number of fused-ring (bicyclic) bond motifs is 1. The number of benzene rings is 1. The van der Waals surface area contributed by atoms with Gasteiger partial charge >= 0.3 is 0 Å². The summed E-state index contributed by atoms with van der Waals surface area (Å²) in [4.78, 5) is 8.61. The second-order valence-electron chi connectivity index (χ2n) is 4.38. The molecular weight excluding hydrogens is 250 g/mol. The summed E-state index contributed by atoms with van der Waals surface area (Å²) in [7, 11) is 0. The summed E-state index contributed by atoms with van der Waals surface area (Å²) in [6, 6.07) is 15.0. The molecule has 96 valence electrons. The van der Waals surface area contributed by atoms with Crippen LogP contribution in [0.3, 0.4) is 0 Å². The van der Waals surface area contributed by atoms with Gasteiger partial charge < -0.3 is 4.74 Å². The van der Waals surface area contributed by atoms with E-state index in [1.165, 1.54) is 0 Å². The highest BCUT2D eigenvalue weighted by Crippen LogP contribution is 2.27. The fourth-order valence-electron chi connectivity index (χ4n) is 2.03. The molecule has 0 spiro atoms. The largest absolute Gasteiger partial charge is 0.437 e. The number of hydrogen-bond donors (Lipinski definition) is 0. The quantitative estimate of drug-likeness (QED) is 0.707. The second kappa shape index (κ2) is 4.98. The predicted octanol–water partition coefficient (Wildman–Crippen LogP) is 3.60. The Labute approximate surface area is 116 Å². The summed E-state index contributed by atoms with van der Waals surface area (Å²) in [5, 5.41) is 9.98.